The Hall–Kier alpha value is -4.24. The fraction of sp³-hybridized carbons (Fsp3) is 0.200. The van der Waals surface area contributed by atoms with Crippen LogP contribution in [-0.4, -0.2) is 40.3 Å². The molecule has 0 fully saturated rings. The number of ether oxygens (including phenoxy) is 1. The smallest absolute Gasteiger partial charge is 0.326 e. The van der Waals surface area contributed by atoms with Crippen LogP contribution in [0.3, 0.4) is 0 Å². The molecular weight excluding hydrogens is 562 g/mol. The molecule has 0 bridgehead atoms. The van der Waals surface area contributed by atoms with Crippen LogP contribution < -0.4 is 5.32 Å². The fourth-order valence-corrected chi connectivity index (χ4v) is 4.09. The van der Waals surface area contributed by atoms with E-state index in [9.17, 15) is 14.4 Å². The maximum Gasteiger partial charge on any atom is 0.326 e. The molecule has 9 heteroatoms. The van der Waals surface area contributed by atoms with Crippen LogP contribution in [0.1, 0.15) is 36.7 Å². The first-order valence-electron chi connectivity index (χ1n) is 12.2. The number of hydrogen-bond donors (Lipinski definition) is 1. The third kappa shape index (κ3) is 7.64. The Balaban J connectivity index is 1.52. The summed E-state index contributed by atoms with van der Waals surface area (Å²) in [6, 6.07) is 21.7. The number of aromatic nitrogens is 1. The van der Waals surface area contributed by atoms with Gasteiger partial charge in [0.05, 0.1) is 0 Å². The standard InChI is InChI=1S/C30H28BrN3O5/c1-30(2,3)39-27(36)17-34(29(37)23-10-14-25(15-11-23)32-19-35)16-20-4-6-21(7-5-20)26-18-38-28(33-26)22-8-12-24(31)13-9-22/h4-15,18-19H,16-17H2,1-3H3,(H,32,35). The average molecular weight is 590 g/mol. The molecule has 3 aromatic carbocycles. The number of esters is 1. The van der Waals surface area contributed by atoms with Gasteiger partial charge in [0.15, 0.2) is 0 Å². The quantitative estimate of drug-likeness (QED) is 0.181. The minimum atomic E-state index is -0.678. The summed E-state index contributed by atoms with van der Waals surface area (Å²) in [4.78, 5) is 42.7. The Bertz CT molecular complexity index is 1440. The van der Waals surface area contributed by atoms with Crippen molar-refractivity contribution in [1.82, 2.24) is 9.88 Å². The predicted octanol–water partition coefficient (Wildman–Crippen LogP) is 6.32. The van der Waals surface area contributed by atoms with E-state index in [0.29, 0.717) is 29.2 Å². The van der Waals surface area contributed by atoms with Gasteiger partial charge >= 0.3 is 5.97 Å². The van der Waals surface area contributed by atoms with Crippen LogP contribution in [0.2, 0.25) is 0 Å². The van der Waals surface area contributed by atoms with Gasteiger partial charge in [0, 0.05) is 33.4 Å². The van der Waals surface area contributed by atoms with Crippen LogP contribution in [0.4, 0.5) is 5.69 Å². The average Bonchev–Trinajstić information content (AvgIpc) is 3.39. The van der Waals surface area contributed by atoms with E-state index in [1.807, 2.05) is 48.5 Å². The lowest BCUT2D eigenvalue weighted by Crippen LogP contribution is -2.38. The molecule has 0 spiro atoms. The molecule has 1 heterocycles. The highest BCUT2D eigenvalue weighted by Gasteiger charge is 2.23. The van der Waals surface area contributed by atoms with Crippen molar-refractivity contribution in [2.24, 2.45) is 0 Å². The van der Waals surface area contributed by atoms with E-state index >= 15 is 0 Å². The normalized spacial score (nSPS) is 11.1. The second kappa shape index (κ2) is 12.1. The van der Waals surface area contributed by atoms with Crippen LogP contribution >= 0.6 is 15.9 Å². The molecule has 0 radical (unpaired) electrons. The number of carbonyl (C=O) groups is 3. The highest BCUT2D eigenvalue weighted by molar-refractivity contribution is 9.10. The zero-order valence-corrected chi connectivity index (χ0v) is 23.4. The number of anilines is 1. The first-order chi connectivity index (χ1) is 18.6. The zero-order valence-electron chi connectivity index (χ0n) is 21.8. The van der Waals surface area contributed by atoms with Crippen LogP contribution in [0, 0.1) is 0 Å². The third-order valence-electron chi connectivity index (χ3n) is 5.60. The van der Waals surface area contributed by atoms with Gasteiger partial charge in [-0.05, 0) is 74.9 Å². The summed E-state index contributed by atoms with van der Waals surface area (Å²) in [6.07, 6.45) is 2.17. The molecule has 4 rings (SSSR count). The van der Waals surface area contributed by atoms with Gasteiger partial charge in [-0.15, -0.1) is 0 Å². The molecule has 4 aromatic rings. The van der Waals surface area contributed by atoms with Gasteiger partial charge in [-0.25, -0.2) is 4.98 Å². The highest BCUT2D eigenvalue weighted by atomic mass is 79.9. The maximum atomic E-state index is 13.4. The van der Waals surface area contributed by atoms with Crippen LogP contribution in [0.15, 0.2) is 87.9 Å². The first-order valence-corrected chi connectivity index (χ1v) is 13.0. The van der Waals surface area contributed by atoms with Crippen LogP contribution in [0.25, 0.3) is 22.7 Å². The van der Waals surface area contributed by atoms with Gasteiger partial charge in [0.2, 0.25) is 12.3 Å². The Kier molecular flexibility index (Phi) is 8.61. The molecule has 0 aliphatic heterocycles. The van der Waals surface area contributed by atoms with Crippen LogP contribution in [-0.2, 0) is 20.9 Å². The van der Waals surface area contributed by atoms with Crippen molar-refractivity contribution in [3.8, 4) is 22.7 Å². The van der Waals surface area contributed by atoms with Gasteiger partial charge in [-0.1, -0.05) is 40.2 Å². The zero-order chi connectivity index (χ0) is 28.0. The molecule has 0 atom stereocenters. The van der Waals surface area contributed by atoms with E-state index < -0.39 is 11.6 Å². The molecule has 0 unspecified atom stereocenters. The van der Waals surface area contributed by atoms with E-state index in [0.717, 1.165) is 21.2 Å². The van der Waals surface area contributed by atoms with Crippen molar-refractivity contribution in [2.45, 2.75) is 32.9 Å². The summed E-state index contributed by atoms with van der Waals surface area (Å²) in [5.41, 5.74) is 3.50. The van der Waals surface area contributed by atoms with E-state index in [-0.39, 0.29) is 19.0 Å². The SMILES string of the molecule is CC(C)(C)OC(=O)CN(Cc1ccc(-c2coc(-c3ccc(Br)cc3)n2)cc1)C(=O)c1ccc(NC=O)cc1. The Morgan fingerprint density at radius 1 is 0.974 bits per heavy atom. The van der Waals surface area contributed by atoms with Gasteiger partial charge in [0.25, 0.3) is 5.91 Å². The number of oxazole rings is 1. The molecule has 39 heavy (non-hydrogen) atoms. The maximum absolute atomic E-state index is 13.4. The lowest BCUT2D eigenvalue weighted by Gasteiger charge is -2.25. The van der Waals surface area contributed by atoms with Crippen LogP contribution in [0.5, 0.6) is 0 Å². The van der Waals surface area contributed by atoms with Crippen molar-refractivity contribution in [1.29, 1.82) is 0 Å². The summed E-state index contributed by atoms with van der Waals surface area (Å²) >= 11 is 3.42. The van der Waals surface area contributed by atoms with Crippen molar-refractivity contribution in [2.75, 3.05) is 11.9 Å². The van der Waals surface area contributed by atoms with Crippen molar-refractivity contribution in [3.05, 3.63) is 94.7 Å². The van der Waals surface area contributed by atoms with Crippen molar-refractivity contribution in [3.63, 3.8) is 0 Å². The molecular formula is C30H28BrN3O5. The lowest BCUT2D eigenvalue weighted by molar-refractivity contribution is -0.155. The van der Waals surface area contributed by atoms with Crippen molar-refractivity contribution >= 4 is 39.9 Å². The summed E-state index contributed by atoms with van der Waals surface area (Å²) in [5.74, 6) is -0.321. The number of amides is 2. The monoisotopic (exact) mass is 589 g/mol. The fourth-order valence-electron chi connectivity index (χ4n) is 3.82. The van der Waals surface area contributed by atoms with Gasteiger partial charge in [0.1, 0.15) is 24.1 Å². The molecule has 2 amide bonds. The molecule has 1 N–H and O–H groups in total. The van der Waals surface area contributed by atoms with E-state index in [1.165, 1.54) is 4.90 Å². The number of rotatable bonds is 9. The minimum absolute atomic E-state index is 0.190. The number of benzene rings is 3. The second-order valence-corrected chi connectivity index (χ2v) is 10.7. The lowest BCUT2D eigenvalue weighted by atomic mass is 10.1. The molecule has 8 nitrogen and oxygen atoms in total. The predicted molar refractivity (Wildman–Crippen MR) is 152 cm³/mol. The van der Waals surface area contributed by atoms with Gasteiger partial charge < -0.3 is 19.4 Å². The first kappa shape index (κ1) is 27.8. The Morgan fingerprint density at radius 2 is 1.62 bits per heavy atom. The number of halogens is 1. The number of nitrogens with one attached hydrogen (secondary N) is 1. The second-order valence-electron chi connectivity index (χ2n) is 9.83. The Labute approximate surface area is 235 Å². The van der Waals surface area contributed by atoms with E-state index in [2.05, 4.69) is 26.2 Å². The summed E-state index contributed by atoms with van der Waals surface area (Å²) in [6.45, 7) is 5.31. The number of carbonyl (C=O) groups excluding carboxylic acids is 3. The molecule has 1 aromatic heterocycles. The number of nitrogens with zero attached hydrogens (tertiary/aromatic N) is 2. The Morgan fingerprint density at radius 3 is 2.23 bits per heavy atom. The topological polar surface area (TPSA) is 102 Å². The van der Waals surface area contributed by atoms with Gasteiger partial charge in [-0.2, -0.15) is 0 Å². The largest absolute Gasteiger partial charge is 0.459 e. The van der Waals surface area contributed by atoms with Gasteiger partial charge in [-0.3, -0.25) is 14.4 Å². The van der Waals surface area contributed by atoms with E-state index in [4.69, 9.17) is 9.15 Å². The molecule has 0 aliphatic carbocycles. The number of hydrogen-bond acceptors (Lipinski definition) is 6. The summed E-state index contributed by atoms with van der Waals surface area (Å²) in [7, 11) is 0. The summed E-state index contributed by atoms with van der Waals surface area (Å²) < 4.78 is 12.1. The minimum Gasteiger partial charge on any atom is -0.459 e. The highest BCUT2D eigenvalue weighted by Crippen LogP contribution is 2.26. The molecule has 0 aliphatic rings. The molecule has 200 valence electrons. The summed E-state index contributed by atoms with van der Waals surface area (Å²) in [5, 5.41) is 2.54. The van der Waals surface area contributed by atoms with Crippen molar-refractivity contribution < 1.29 is 23.5 Å². The third-order valence-corrected chi connectivity index (χ3v) is 6.13. The molecule has 0 saturated carbocycles. The van der Waals surface area contributed by atoms with E-state index in [1.54, 1.807) is 51.3 Å². The molecule has 0 saturated heterocycles.